The summed E-state index contributed by atoms with van der Waals surface area (Å²) in [5.41, 5.74) is 2.41. The predicted octanol–water partition coefficient (Wildman–Crippen LogP) is 3.69. The van der Waals surface area contributed by atoms with E-state index in [1.165, 1.54) is 6.33 Å². The van der Waals surface area contributed by atoms with Gasteiger partial charge in [0.1, 0.15) is 24.4 Å². The van der Waals surface area contributed by atoms with Crippen molar-refractivity contribution in [2.75, 3.05) is 31.7 Å². The Morgan fingerprint density at radius 1 is 0.968 bits per heavy atom. The maximum atomic E-state index is 6.27. The van der Waals surface area contributed by atoms with E-state index in [0.29, 0.717) is 43.7 Å². The Balaban J connectivity index is 1.52. The fourth-order valence-electron chi connectivity index (χ4n) is 3.74. The Kier molecular flexibility index (Phi) is 5.57. The number of nitrogens with zero attached hydrogens (tertiary/aromatic N) is 2. The van der Waals surface area contributed by atoms with Crippen LogP contribution < -0.4 is 14.8 Å². The van der Waals surface area contributed by atoms with Gasteiger partial charge in [0, 0.05) is 35.5 Å². The first-order valence-electron chi connectivity index (χ1n) is 10.4. The third-order valence-electron chi connectivity index (χ3n) is 5.36. The lowest BCUT2D eigenvalue weighted by Crippen LogP contribution is -2.19. The molecular weight excluding hydrogens is 394 g/mol. The molecule has 0 bridgehead atoms. The first-order chi connectivity index (χ1) is 15.3. The van der Waals surface area contributed by atoms with E-state index in [9.17, 15) is 0 Å². The van der Waals surface area contributed by atoms with Crippen molar-refractivity contribution in [2.45, 2.75) is 25.0 Å². The molecule has 31 heavy (non-hydrogen) atoms. The average molecular weight is 417 g/mol. The molecule has 0 amide bonds. The second-order valence-electron chi connectivity index (χ2n) is 7.60. The van der Waals surface area contributed by atoms with Gasteiger partial charge in [-0.25, -0.2) is 9.97 Å². The summed E-state index contributed by atoms with van der Waals surface area (Å²) in [7, 11) is 0. The van der Waals surface area contributed by atoms with E-state index >= 15 is 0 Å². The molecule has 2 aliphatic heterocycles. The van der Waals surface area contributed by atoms with Crippen molar-refractivity contribution < 1.29 is 18.9 Å². The summed E-state index contributed by atoms with van der Waals surface area (Å²) in [6.07, 6.45) is 8.76. The Morgan fingerprint density at radius 2 is 1.71 bits per heavy atom. The average Bonchev–Trinajstić information content (AvgIpc) is 3.49. The summed E-state index contributed by atoms with van der Waals surface area (Å²) in [4.78, 5) is 8.90. The number of hydrogen-bond donors (Lipinski definition) is 1. The van der Waals surface area contributed by atoms with Crippen molar-refractivity contribution in [1.82, 2.24) is 9.97 Å². The summed E-state index contributed by atoms with van der Waals surface area (Å²) in [6.45, 7) is 2.55. The summed E-state index contributed by atoms with van der Waals surface area (Å²) in [5.74, 6) is 4.64. The van der Waals surface area contributed by atoms with Crippen LogP contribution >= 0.6 is 0 Å². The molecule has 0 radical (unpaired) electrons. The van der Waals surface area contributed by atoms with E-state index < -0.39 is 0 Å². The SMILES string of the molecule is C#Cc1cccc(Nc2ncnc3cc(O[C@@H]4CCOC4)c(O[C@H]4CCOC4)cc23)c1. The molecule has 1 N–H and O–H groups in total. The summed E-state index contributed by atoms with van der Waals surface area (Å²) >= 11 is 0. The molecular formula is C24H23N3O4. The zero-order chi connectivity index (χ0) is 21.0. The maximum absolute atomic E-state index is 6.27. The minimum absolute atomic E-state index is 0.00515. The van der Waals surface area contributed by atoms with Crippen molar-refractivity contribution in [3.05, 3.63) is 48.3 Å². The van der Waals surface area contributed by atoms with Crippen molar-refractivity contribution in [3.8, 4) is 23.8 Å². The van der Waals surface area contributed by atoms with Crippen LogP contribution in [0.15, 0.2) is 42.7 Å². The van der Waals surface area contributed by atoms with Crippen LogP contribution in [0.2, 0.25) is 0 Å². The fraction of sp³-hybridized carbons (Fsp3) is 0.333. The number of anilines is 2. The molecule has 3 heterocycles. The minimum atomic E-state index is -0.00650. The summed E-state index contributed by atoms with van der Waals surface area (Å²) < 4.78 is 23.4. The van der Waals surface area contributed by atoms with Crippen LogP contribution in [0.3, 0.4) is 0 Å². The highest BCUT2D eigenvalue weighted by atomic mass is 16.6. The zero-order valence-corrected chi connectivity index (χ0v) is 17.0. The number of terminal acetylenes is 1. The van der Waals surface area contributed by atoms with Crippen molar-refractivity contribution in [1.29, 1.82) is 0 Å². The van der Waals surface area contributed by atoms with Crippen molar-refractivity contribution in [3.63, 3.8) is 0 Å². The van der Waals surface area contributed by atoms with E-state index in [4.69, 9.17) is 25.4 Å². The topological polar surface area (TPSA) is 74.7 Å². The van der Waals surface area contributed by atoms with Gasteiger partial charge in [0.25, 0.3) is 0 Å². The Hall–Kier alpha value is -3.34. The van der Waals surface area contributed by atoms with Gasteiger partial charge in [-0.1, -0.05) is 12.0 Å². The van der Waals surface area contributed by atoms with Gasteiger partial charge in [0.2, 0.25) is 0 Å². The Labute approximate surface area is 180 Å². The molecule has 7 nitrogen and oxygen atoms in total. The third kappa shape index (κ3) is 4.41. The molecule has 0 saturated carbocycles. The zero-order valence-electron chi connectivity index (χ0n) is 17.0. The lowest BCUT2D eigenvalue weighted by Gasteiger charge is -2.20. The lowest BCUT2D eigenvalue weighted by atomic mass is 10.1. The van der Waals surface area contributed by atoms with Crippen LogP contribution in [0.4, 0.5) is 11.5 Å². The molecule has 0 aliphatic carbocycles. The normalized spacial score (nSPS) is 20.5. The molecule has 5 rings (SSSR count). The number of rotatable bonds is 6. The molecule has 2 aliphatic rings. The lowest BCUT2D eigenvalue weighted by molar-refractivity contribution is 0.123. The van der Waals surface area contributed by atoms with Gasteiger partial charge in [0.15, 0.2) is 11.5 Å². The number of ether oxygens (including phenoxy) is 4. The Morgan fingerprint density at radius 3 is 2.39 bits per heavy atom. The maximum Gasteiger partial charge on any atom is 0.163 e. The van der Waals surface area contributed by atoms with E-state index in [2.05, 4.69) is 21.2 Å². The highest BCUT2D eigenvalue weighted by Gasteiger charge is 2.24. The summed E-state index contributed by atoms with van der Waals surface area (Å²) in [5, 5.41) is 4.18. The minimum Gasteiger partial charge on any atom is -0.484 e. The second-order valence-corrected chi connectivity index (χ2v) is 7.60. The van der Waals surface area contributed by atoms with Gasteiger partial charge in [0.05, 0.1) is 31.9 Å². The van der Waals surface area contributed by atoms with Gasteiger partial charge in [-0.15, -0.1) is 6.42 Å². The molecule has 7 heteroatoms. The van der Waals surface area contributed by atoms with Crippen LogP contribution in [0.5, 0.6) is 11.5 Å². The van der Waals surface area contributed by atoms with Gasteiger partial charge in [-0.3, -0.25) is 0 Å². The number of fused-ring (bicyclic) bond motifs is 1. The first-order valence-corrected chi connectivity index (χ1v) is 10.4. The first kappa shape index (κ1) is 19.6. The molecule has 2 atom stereocenters. The van der Waals surface area contributed by atoms with Gasteiger partial charge < -0.3 is 24.3 Å². The van der Waals surface area contributed by atoms with Gasteiger partial charge in [-0.05, 0) is 24.3 Å². The molecule has 3 aromatic rings. The summed E-state index contributed by atoms with van der Waals surface area (Å²) in [6, 6.07) is 11.5. The van der Waals surface area contributed by atoms with E-state index in [0.717, 1.165) is 35.0 Å². The molecule has 0 unspecified atom stereocenters. The highest BCUT2D eigenvalue weighted by molar-refractivity contribution is 5.93. The van der Waals surface area contributed by atoms with E-state index in [-0.39, 0.29) is 12.2 Å². The predicted molar refractivity (Wildman–Crippen MR) is 117 cm³/mol. The van der Waals surface area contributed by atoms with Crippen LogP contribution in [-0.4, -0.2) is 48.6 Å². The van der Waals surface area contributed by atoms with Crippen molar-refractivity contribution >= 4 is 22.4 Å². The largest absolute Gasteiger partial charge is 0.484 e. The van der Waals surface area contributed by atoms with Crippen LogP contribution in [0.1, 0.15) is 18.4 Å². The molecule has 2 fully saturated rings. The van der Waals surface area contributed by atoms with Gasteiger partial charge in [-0.2, -0.15) is 0 Å². The second kappa shape index (κ2) is 8.80. The van der Waals surface area contributed by atoms with Crippen LogP contribution in [0, 0.1) is 12.3 Å². The Bertz CT molecular complexity index is 1120. The van der Waals surface area contributed by atoms with Crippen LogP contribution in [0.25, 0.3) is 10.9 Å². The van der Waals surface area contributed by atoms with E-state index in [1.807, 2.05) is 36.4 Å². The monoisotopic (exact) mass is 417 g/mol. The highest BCUT2D eigenvalue weighted by Crippen LogP contribution is 2.37. The molecule has 1 aromatic heterocycles. The number of aromatic nitrogens is 2. The molecule has 158 valence electrons. The van der Waals surface area contributed by atoms with Crippen LogP contribution in [-0.2, 0) is 9.47 Å². The molecule has 2 saturated heterocycles. The number of nitrogens with one attached hydrogen (secondary N) is 1. The number of hydrogen-bond acceptors (Lipinski definition) is 7. The molecule has 0 spiro atoms. The third-order valence-corrected chi connectivity index (χ3v) is 5.36. The smallest absolute Gasteiger partial charge is 0.163 e. The van der Waals surface area contributed by atoms with Gasteiger partial charge >= 0.3 is 0 Å². The van der Waals surface area contributed by atoms with E-state index in [1.54, 1.807) is 0 Å². The quantitative estimate of drug-likeness (QED) is 0.613. The standard InChI is InChI=1S/C24H23N3O4/c1-2-16-4-3-5-17(10-16)27-24-20-11-22(30-18-6-8-28-13-18)23(12-21(20)25-15-26-24)31-19-7-9-29-14-19/h1,3-5,10-12,15,18-19H,6-9,13-14H2,(H,25,26,27)/t18-,19+/m0/s1. The molecule has 2 aromatic carbocycles. The number of benzene rings is 2. The van der Waals surface area contributed by atoms with Crippen molar-refractivity contribution in [2.24, 2.45) is 0 Å². The fourth-order valence-corrected chi connectivity index (χ4v) is 3.74.